The molecule has 0 radical (unpaired) electrons. The van der Waals surface area contributed by atoms with Gasteiger partial charge in [-0.25, -0.2) is 12.8 Å². The second kappa shape index (κ2) is 13.8. The van der Waals surface area contributed by atoms with Crippen LogP contribution in [0.25, 0.3) is 0 Å². The molecule has 0 unspecified atom stereocenters. The van der Waals surface area contributed by atoms with E-state index < -0.39 is 40.2 Å². The number of carbonyl (C=O) groups is 2. The average molecular weight is 590 g/mol. The second-order valence-corrected chi connectivity index (χ2v) is 11.6. The van der Waals surface area contributed by atoms with Crippen LogP contribution in [0.3, 0.4) is 0 Å². The van der Waals surface area contributed by atoms with Crippen LogP contribution in [0.2, 0.25) is 0 Å². The van der Waals surface area contributed by atoms with Crippen molar-refractivity contribution in [3.05, 3.63) is 126 Å². The summed E-state index contributed by atoms with van der Waals surface area (Å²) in [4.78, 5) is 28.4. The predicted octanol–water partition coefficient (Wildman–Crippen LogP) is 4.77. The van der Waals surface area contributed by atoms with Crippen LogP contribution in [0.1, 0.15) is 11.1 Å². The largest absolute Gasteiger partial charge is 0.457 e. The summed E-state index contributed by atoms with van der Waals surface area (Å²) in [6, 6.07) is 29.3. The summed E-state index contributed by atoms with van der Waals surface area (Å²) in [6.07, 6.45) is 1.21. The molecule has 4 aromatic carbocycles. The number of ether oxygens (including phenoxy) is 1. The van der Waals surface area contributed by atoms with Crippen molar-refractivity contribution < 1.29 is 27.1 Å². The van der Waals surface area contributed by atoms with E-state index in [1.165, 1.54) is 36.2 Å². The Labute approximate surface area is 245 Å². The molecule has 0 aliphatic carbocycles. The summed E-state index contributed by atoms with van der Waals surface area (Å²) in [7, 11) is -2.44. The fourth-order valence-electron chi connectivity index (χ4n) is 4.43. The molecule has 1 N–H and O–H groups in total. The van der Waals surface area contributed by atoms with Gasteiger partial charge in [0, 0.05) is 20.0 Å². The average Bonchev–Trinajstić information content (AvgIpc) is 2.99. The Hall–Kier alpha value is -4.70. The zero-order valence-electron chi connectivity index (χ0n) is 23.3. The van der Waals surface area contributed by atoms with Crippen LogP contribution in [0, 0.1) is 5.82 Å². The van der Waals surface area contributed by atoms with E-state index in [0.29, 0.717) is 17.1 Å². The predicted molar refractivity (Wildman–Crippen MR) is 160 cm³/mol. The summed E-state index contributed by atoms with van der Waals surface area (Å²) >= 11 is 0. The molecule has 4 rings (SSSR count). The van der Waals surface area contributed by atoms with Crippen LogP contribution in [0.15, 0.2) is 109 Å². The standard InChI is InChI=1S/C32H32FN3O5S/c1-34-32(38)30(21-24-9-5-3-6-10-24)35(22-25-13-15-26(33)16-14-25)31(37)23-36(42(2,39)40)27-17-19-29(20-18-27)41-28-11-7-4-8-12-28/h3-20,30H,21-23H2,1-2H3,(H,34,38)/t30-/m0/s1. The van der Waals surface area contributed by atoms with Crippen molar-refractivity contribution in [3.8, 4) is 11.5 Å². The van der Waals surface area contributed by atoms with Crippen molar-refractivity contribution in [2.24, 2.45) is 0 Å². The van der Waals surface area contributed by atoms with Crippen molar-refractivity contribution in [1.29, 1.82) is 0 Å². The second-order valence-electron chi connectivity index (χ2n) is 9.65. The number of hydrogen-bond acceptors (Lipinski definition) is 5. The lowest BCUT2D eigenvalue weighted by molar-refractivity contribution is -0.139. The van der Waals surface area contributed by atoms with Crippen LogP contribution in [0.4, 0.5) is 10.1 Å². The van der Waals surface area contributed by atoms with Crippen LogP contribution in [0.5, 0.6) is 11.5 Å². The van der Waals surface area contributed by atoms with E-state index in [1.807, 2.05) is 48.5 Å². The molecule has 0 bridgehead atoms. The molecular formula is C32H32FN3O5S. The normalized spacial score (nSPS) is 11.8. The van der Waals surface area contributed by atoms with Crippen LogP contribution in [-0.2, 0) is 32.6 Å². The van der Waals surface area contributed by atoms with Gasteiger partial charge in [0.1, 0.15) is 29.9 Å². The first-order valence-corrected chi connectivity index (χ1v) is 15.1. The molecule has 4 aromatic rings. The van der Waals surface area contributed by atoms with Gasteiger partial charge < -0.3 is 15.0 Å². The van der Waals surface area contributed by atoms with Crippen molar-refractivity contribution in [3.63, 3.8) is 0 Å². The molecule has 42 heavy (non-hydrogen) atoms. The van der Waals surface area contributed by atoms with E-state index in [0.717, 1.165) is 16.1 Å². The first-order chi connectivity index (χ1) is 20.1. The van der Waals surface area contributed by atoms with Crippen LogP contribution in [-0.4, -0.2) is 51.0 Å². The zero-order chi connectivity index (χ0) is 30.1. The third-order valence-electron chi connectivity index (χ3n) is 6.57. The Morgan fingerprint density at radius 1 is 0.810 bits per heavy atom. The molecule has 0 saturated carbocycles. The third kappa shape index (κ3) is 8.17. The summed E-state index contributed by atoms with van der Waals surface area (Å²) in [5, 5.41) is 2.62. The highest BCUT2D eigenvalue weighted by Gasteiger charge is 2.32. The SMILES string of the molecule is CNC(=O)[C@H](Cc1ccccc1)N(Cc1ccc(F)cc1)C(=O)CN(c1ccc(Oc2ccccc2)cc1)S(C)(=O)=O. The number of para-hydroxylation sites is 1. The van der Waals surface area contributed by atoms with Crippen molar-refractivity contribution in [2.75, 3.05) is 24.2 Å². The maximum atomic E-state index is 13.9. The molecule has 218 valence electrons. The summed E-state index contributed by atoms with van der Waals surface area (Å²) in [5.74, 6) is -0.339. The lowest BCUT2D eigenvalue weighted by Gasteiger charge is -2.33. The topological polar surface area (TPSA) is 96.0 Å². The highest BCUT2D eigenvalue weighted by atomic mass is 32.2. The number of benzene rings is 4. The molecule has 1 atom stereocenters. The van der Waals surface area contributed by atoms with E-state index in [4.69, 9.17) is 4.74 Å². The molecule has 0 aliphatic heterocycles. The van der Waals surface area contributed by atoms with Gasteiger partial charge in [0.2, 0.25) is 21.8 Å². The van der Waals surface area contributed by atoms with Gasteiger partial charge in [-0.3, -0.25) is 13.9 Å². The number of nitrogens with zero attached hydrogens (tertiary/aromatic N) is 2. The lowest BCUT2D eigenvalue weighted by Crippen LogP contribution is -2.52. The molecule has 10 heteroatoms. The van der Waals surface area contributed by atoms with Gasteiger partial charge in [-0.05, 0) is 59.7 Å². The molecule has 8 nitrogen and oxygen atoms in total. The van der Waals surface area contributed by atoms with Gasteiger partial charge in [0.15, 0.2) is 0 Å². The van der Waals surface area contributed by atoms with E-state index in [-0.39, 0.29) is 18.7 Å². The minimum absolute atomic E-state index is 0.0362. The maximum Gasteiger partial charge on any atom is 0.244 e. The highest BCUT2D eigenvalue weighted by molar-refractivity contribution is 7.92. The Balaban J connectivity index is 1.64. The molecule has 2 amide bonds. The van der Waals surface area contributed by atoms with Gasteiger partial charge in [0.25, 0.3) is 0 Å². The summed E-state index contributed by atoms with van der Waals surface area (Å²) in [6.45, 7) is -0.591. The van der Waals surface area contributed by atoms with Gasteiger partial charge >= 0.3 is 0 Å². The highest BCUT2D eigenvalue weighted by Crippen LogP contribution is 2.26. The van der Waals surface area contributed by atoms with Crippen molar-refractivity contribution in [1.82, 2.24) is 10.2 Å². The van der Waals surface area contributed by atoms with E-state index >= 15 is 0 Å². The number of likely N-dealkylation sites (N-methyl/N-ethyl adjacent to an activating group) is 1. The molecule has 0 spiro atoms. The molecule has 0 aromatic heterocycles. The maximum absolute atomic E-state index is 13.9. The van der Waals surface area contributed by atoms with Gasteiger partial charge in [0.05, 0.1) is 11.9 Å². The van der Waals surface area contributed by atoms with Crippen LogP contribution < -0.4 is 14.4 Å². The summed E-state index contributed by atoms with van der Waals surface area (Å²) < 4.78 is 46.3. The van der Waals surface area contributed by atoms with Crippen molar-refractivity contribution in [2.45, 2.75) is 19.0 Å². The minimum atomic E-state index is -3.91. The molecule has 0 heterocycles. The monoisotopic (exact) mass is 589 g/mol. The number of anilines is 1. The molecule has 0 aliphatic rings. The van der Waals surface area contributed by atoms with Crippen LogP contribution >= 0.6 is 0 Å². The smallest absolute Gasteiger partial charge is 0.244 e. The Morgan fingerprint density at radius 2 is 1.38 bits per heavy atom. The Bertz CT molecular complexity index is 1580. The lowest BCUT2D eigenvalue weighted by atomic mass is 10.0. The number of amides is 2. The number of sulfonamides is 1. The number of carbonyl (C=O) groups excluding carboxylic acids is 2. The minimum Gasteiger partial charge on any atom is -0.457 e. The molecule has 0 saturated heterocycles. The fourth-order valence-corrected chi connectivity index (χ4v) is 5.28. The number of halogens is 1. The number of nitrogens with one attached hydrogen (secondary N) is 1. The fraction of sp³-hybridized carbons (Fsp3) is 0.188. The Morgan fingerprint density at radius 3 is 1.95 bits per heavy atom. The third-order valence-corrected chi connectivity index (χ3v) is 7.71. The molecule has 0 fully saturated rings. The first kappa shape index (κ1) is 30.3. The zero-order valence-corrected chi connectivity index (χ0v) is 24.1. The van der Waals surface area contributed by atoms with E-state index in [9.17, 15) is 22.4 Å². The first-order valence-electron chi connectivity index (χ1n) is 13.2. The quantitative estimate of drug-likeness (QED) is 0.257. The van der Waals surface area contributed by atoms with Gasteiger partial charge in [-0.15, -0.1) is 0 Å². The summed E-state index contributed by atoms with van der Waals surface area (Å²) in [5.41, 5.74) is 1.66. The van der Waals surface area contributed by atoms with E-state index in [2.05, 4.69) is 5.32 Å². The van der Waals surface area contributed by atoms with Gasteiger partial charge in [-0.1, -0.05) is 60.7 Å². The number of rotatable bonds is 12. The van der Waals surface area contributed by atoms with Crippen molar-refractivity contribution >= 4 is 27.5 Å². The molecular weight excluding hydrogens is 557 g/mol. The Kier molecular flexibility index (Phi) is 9.93. The van der Waals surface area contributed by atoms with E-state index in [1.54, 1.807) is 36.4 Å². The number of hydrogen-bond donors (Lipinski definition) is 1. The van der Waals surface area contributed by atoms with Gasteiger partial charge in [-0.2, -0.15) is 0 Å².